The molecule has 0 saturated heterocycles. The van der Waals surface area contributed by atoms with Gasteiger partial charge in [-0.3, -0.25) is 4.79 Å². The first-order valence-electron chi connectivity index (χ1n) is 5.25. The van der Waals surface area contributed by atoms with Gasteiger partial charge in [-0.2, -0.15) is 18.3 Å². The van der Waals surface area contributed by atoms with Crippen molar-refractivity contribution in [3.05, 3.63) is 42.5 Å². The molecule has 0 aliphatic carbocycles. The van der Waals surface area contributed by atoms with Crippen LogP contribution in [0, 0.1) is 0 Å². The highest BCUT2D eigenvalue weighted by molar-refractivity contribution is 5.90. The number of hydrogen-bond donors (Lipinski definition) is 1. The smallest absolute Gasteiger partial charge is 0.324 e. The third-order valence-corrected chi connectivity index (χ3v) is 2.25. The molecule has 1 aromatic heterocycles. The molecule has 1 heterocycles. The van der Waals surface area contributed by atoms with E-state index in [1.807, 2.05) is 0 Å². The molecule has 0 radical (unpaired) electrons. The van der Waals surface area contributed by atoms with E-state index in [-0.39, 0.29) is 12.2 Å². The first kappa shape index (κ1) is 13.1. The molecule has 0 atom stereocenters. The van der Waals surface area contributed by atoms with Crippen molar-refractivity contribution in [2.75, 3.05) is 5.32 Å². The second kappa shape index (κ2) is 5.09. The van der Waals surface area contributed by atoms with Crippen LogP contribution in [-0.2, 0) is 17.5 Å². The number of nitrogens with one attached hydrogen (secondary N) is 1. The van der Waals surface area contributed by atoms with E-state index in [1.165, 1.54) is 29.5 Å². The lowest BCUT2D eigenvalue weighted by Crippen LogP contribution is -2.19. The van der Waals surface area contributed by atoms with Crippen LogP contribution in [0.15, 0.2) is 36.9 Å². The summed E-state index contributed by atoms with van der Waals surface area (Å²) in [5.74, 6) is -0.482. The summed E-state index contributed by atoms with van der Waals surface area (Å²) >= 11 is 0. The Hall–Kier alpha value is -2.38. The zero-order chi connectivity index (χ0) is 13.9. The Bertz CT molecular complexity index is 566. The van der Waals surface area contributed by atoms with Crippen molar-refractivity contribution < 1.29 is 18.0 Å². The molecule has 0 spiro atoms. The minimum Gasteiger partial charge on any atom is -0.324 e. The molecule has 0 aliphatic heterocycles. The first-order chi connectivity index (χ1) is 8.95. The molecule has 5 nitrogen and oxygen atoms in total. The van der Waals surface area contributed by atoms with Gasteiger partial charge in [0.05, 0.1) is 5.56 Å². The number of amides is 1. The van der Waals surface area contributed by atoms with Crippen molar-refractivity contribution in [3.8, 4) is 0 Å². The van der Waals surface area contributed by atoms with E-state index in [2.05, 4.69) is 15.4 Å². The number of carbonyl (C=O) groups is 1. The predicted octanol–water partition coefficient (Wildman–Crippen LogP) is 1.94. The van der Waals surface area contributed by atoms with Crippen LogP contribution in [0.25, 0.3) is 0 Å². The zero-order valence-electron chi connectivity index (χ0n) is 9.55. The Labute approximate surface area is 106 Å². The second-order valence-corrected chi connectivity index (χ2v) is 3.72. The van der Waals surface area contributed by atoms with Crippen LogP contribution in [0.4, 0.5) is 18.9 Å². The van der Waals surface area contributed by atoms with Crippen LogP contribution in [0.2, 0.25) is 0 Å². The largest absolute Gasteiger partial charge is 0.416 e. The van der Waals surface area contributed by atoms with Crippen LogP contribution in [0.5, 0.6) is 0 Å². The third-order valence-electron chi connectivity index (χ3n) is 2.25. The molecule has 1 aromatic carbocycles. The van der Waals surface area contributed by atoms with Gasteiger partial charge in [0.2, 0.25) is 5.91 Å². The first-order valence-corrected chi connectivity index (χ1v) is 5.25. The van der Waals surface area contributed by atoms with Gasteiger partial charge >= 0.3 is 6.18 Å². The molecule has 8 heteroatoms. The van der Waals surface area contributed by atoms with E-state index >= 15 is 0 Å². The second-order valence-electron chi connectivity index (χ2n) is 3.72. The average molecular weight is 270 g/mol. The van der Waals surface area contributed by atoms with Crippen LogP contribution >= 0.6 is 0 Å². The third kappa shape index (κ3) is 3.54. The maximum absolute atomic E-state index is 12.5. The quantitative estimate of drug-likeness (QED) is 0.927. The van der Waals surface area contributed by atoms with Crippen LogP contribution in [-0.4, -0.2) is 20.7 Å². The fourth-order valence-corrected chi connectivity index (χ4v) is 1.44. The summed E-state index contributed by atoms with van der Waals surface area (Å²) in [6.07, 6.45) is -1.84. The normalized spacial score (nSPS) is 11.3. The summed E-state index contributed by atoms with van der Waals surface area (Å²) < 4.78 is 38.7. The summed E-state index contributed by atoms with van der Waals surface area (Å²) in [5, 5.41) is 6.08. The van der Waals surface area contributed by atoms with Gasteiger partial charge in [-0.15, -0.1) is 0 Å². The predicted molar refractivity (Wildman–Crippen MR) is 60.1 cm³/mol. The molecule has 0 saturated carbocycles. The van der Waals surface area contributed by atoms with E-state index in [4.69, 9.17) is 0 Å². The number of alkyl halides is 3. The Morgan fingerprint density at radius 2 is 2.16 bits per heavy atom. The fourth-order valence-electron chi connectivity index (χ4n) is 1.44. The minimum atomic E-state index is -4.44. The number of benzene rings is 1. The van der Waals surface area contributed by atoms with Gasteiger partial charge in [0.1, 0.15) is 19.2 Å². The number of nitrogens with zero attached hydrogens (tertiary/aromatic N) is 3. The summed E-state index contributed by atoms with van der Waals surface area (Å²) in [4.78, 5) is 15.2. The minimum absolute atomic E-state index is 0.0833. The van der Waals surface area contributed by atoms with Crippen molar-refractivity contribution >= 4 is 11.6 Å². The van der Waals surface area contributed by atoms with Gasteiger partial charge in [-0.1, -0.05) is 6.07 Å². The Morgan fingerprint density at radius 1 is 1.37 bits per heavy atom. The van der Waals surface area contributed by atoms with Gasteiger partial charge in [0.15, 0.2) is 0 Å². The molecule has 0 unspecified atom stereocenters. The maximum Gasteiger partial charge on any atom is 0.416 e. The van der Waals surface area contributed by atoms with Crippen LogP contribution < -0.4 is 5.32 Å². The lowest BCUT2D eigenvalue weighted by Gasteiger charge is -2.09. The molecule has 1 amide bonds. The van der Waals surface area contributed by atoms with Gasteiger partial charge in [-0.25, -0.2) is 9.67 Å². The van der Waals surface area contributed by atoms with Crippen molar-refractivity contribution in [3.63, 3.8) is 0 Å². The van der Waals surface area contributed by atoms with E-state index in [0.29, 0.717) is 0 Å². The Morgan fingerprint density at radius 3 is 2.79 bits per heavy atom. The van der Waals surface area contributed by atoms with E-state index in [0.717, 1.165) is 12.1 Å². The number of anilines is 1. The Kier molecular flexibility index (Phi) is 3.50. The highest BCUT2D eigenvalue weighted by Crippen LogP contribution is 2.30. The zero-order valence-corrected chi connectivity index (χ0v) is 9.55. The van der Waals surface area contributed by atoms with Gasteiger partial charge < -0.3 is 5.32 Å². The highest BCUT2D eigenvalue weighted by atomic mass is 19.4. The van der Waals surface area contributed by atoms with Gasteiger partial charge in [0.25, 0.3) is 0 Å². The van der Waals surface area contributed by atoms with Crippen molar-refractivity contribution in [1.29, 1.82) is 0 Å². The topological polar surface area (TPSA) is 59.8 Å². The van der Waals surface area contributed by atoms with Crippen molar-refractivity contribution in [2.45, 2.75) is 12.7 Å². The monoisotopic (exact) mass is 270 g/mol. The number of aromatic nitrogens is 3. The standard InChI is InChI=1S/C11H9F3N4O/c12-11(13,14)8-2-1-3-9(4-8)17-10(19)5-18-7-15-6-16-18/h1-4,6-7H,5H2,(H,17,19). The molecule has 19 heavy (non-hydrogen) atoms. The van der Waals surface area contributed by atoms with E-state index < -0.39 is 17.6 Å². The SMILES string of the molecule is O=C(Cn1cncn1)Nc1cccc(C(F)(F)F)c1. The molecular weight excluding hydrogens is 261 g/mol. The lowest BCUT2D eigenvalue weighted by atomic mass is 10.2. The lowest BCUT2D eigenvalue weighted by molar-refractivity contribution is -0.137. The molecule has 0 fully saturated rings. The van der Waals surface area contributed by atoms with Crippen molar-refractivity contribution in [2.24, 2.45) is 0 Å². The van der Waals surface area contributed by atoms with Crippen LogP contribution in [0.3, 0.4) is 0 Å². The molecular formula is C11H9F3N4O. The van der Waals surface area contributed by atoms with E-state index in [1.54, 1.807) is 0 Å². The molecule has 2 aromatic rings. The van der Waals surface area contributed by atoms with Crippen LogP contribution in [0.1, 0.15) is 5.56 Å². The molecule has 2 rings (SSSR count). The summed E-state index contributed by atoms with van der Waals surface area (Å²) in [6, 6.07) is 4.43. The molecule has 0 bridgehead atoms. The van der Waals surface area contributed by atoms with E-state index in [9.17, 15) is 18.0 Å². The maximum atomic E-state index is 12.5. The molecule has 0 aliphatic rings. The summed E-state index contributed by atoms with van der Waals surface area (Å²) in [7, 11) is 0. The van der Waals surface area contributed by atoms with Gasteiger partial charge in [-0.05, 0) is 18.2 Å². The van der Waals surface area contributed by atoms with Gasteiger partial charge in [0, 0.05) is 5.69 Å². The number of halogens is 3. The van der Waals surface area contributed by atoms with Crippen molar-refractivity contribution in [1.82, 2.24) is 14.8 Å². The molecule has 1 N–H and O–H groups in total. The summed E-state index contributed by atoms with van der Waals surface area (Å²) in [6.45, 7) is -0.115. The molecule has 100 valence electrons. The number of carbonyl (C=O) groups excluding carboxylic acids is 1. The fraction of sp³-hybridized carbons (Fsp3) is 0.182. The highest BCUT2D eigenvalue weighted by Gasteiger charge is 2.30. The number of rotatable bonds is 3. The average Bonchev–Trinajstić information content (AvgIpc) is 2.80. The Balaban J connectivity index is 2.05. The summed E-state index contributed by atoms with van der Waals surface area (Å²) in [5.41, 5.74) is -0.731. The number of hydrogen-bond acceptors (Lipinski definition) is 3.